The number of aromatic nitrogens is 2. The molecule has 18 heavy (non-hydrogen) atoms. The van der Waals surface area contributed by atoms with Crippen molar-refractivity contribution in [3.05, 3.63) is 60.9 Å². The molecule has 2 nitrogen and oxygen atoms in total. The molecule has 3 heterocycles. The van der Waals surface area contributed by atoms with Gasteiger partial charge in [-0.2, -0.15) is 0 Å². The number of fused-ring (bicyclic) bond motifs is 2. The second-order valence-electron chi connectivity index (χ2n) is 4.24. The maximum Gasteiger partial charge on any atom is 0.137 e. The highest BCUT2D eigenvalue weighted by Gasteiger charge is 2.07. The van der Waals surface area contributed by atoms with Crippen molar-refractivity contribution in [2.45, 2.75) is 0 Å². The summed E-state index contributed by atoms with van der Waals surface area (Å²) in [5.74, 6) is 0. The van der Waals surface area contributed by atoms with E-state index >= 15 is 0 Å². The SMILES string of the molecule is c1ccc2sc(-c3cn4ccccc4n3)cc2c1. The average molecular weight is 250 g/mol. The number of nitrogens with zero attached hydrogens (tertiary/aromatic N) is 2. The summed E-state index contributed by atoms with van der Waals surface area (Å²) in [7, 11) is 0. The van der Waals surface area contributed by atoms with E-state index in [4.69, 9.17) is 0 Å². The number of pyridine rings is 1. The highest BCUT2D eigenvalue weighted by molar-refractivity contribution is 7.22. The summed E-state index contributed by atoms with van der Waals surface area (Å²) in [6, 6.07) is 16.7. The molecule has 0 atom stereocenters. The van der Waals surface area contributed by atoms with Crippen molar-refractivity contribution in [1.82, 2.24) is 9.38 Å². The largest absolute Gasteiger partial charge is 0.306 e. The van der Waals surface area contributed by atoms with Gasteiger partial charge in [-0.15, -0.1) is 11.3 Å². The Morgan fingerprint density at radius 2 is 1.89 bits per heavy atom. The van der Waals surface area contributed by atoms with Crippen LogP contribution in [0.2, 0.25) is 0 Å². The van der Waals surface area contributed by atoms with Crippen LogP contribution in [0.5, 0.6) is 0 Å². The van der Waals surface area contributed by atoms with Crippen LogP contribution in [0.3, 0.4) is 0 Å². The Morgan fingerprint density at radius 3 is 2.78 bits per heavy atom. The van der Waals surface area contributed by atoms with Gasteiger partial charge >= 0.3 is 0 Å². The van der Waals surface area contributed by atoms with Crippen molar-refractivity contribution in [3.63, 3.8) is 0 Å². The Kier molecular flexibility index (Phi) is 2.02. The molecule has 0 bridgehead atoms. The molecule has 0 amide bonds. The van der Waals surface area contributed by atoms with Crippen molar-refractivity contribution in [2.75, 3.05) is 0 Å². The topological polar surface area (TPSA) is 17.3 Å². The van der Waals surface area contributed by atoms with E-state index in [9.17, 15) is 0 Å². The van der Waals surface area contributed by atoms with Gasteiger partial charge in [0, 0.05) is 17.1 Å². The lowest BCUT2D eigenvalue weighted by Gasteiger charge is -1.86. The third-order valence-corrected chi connectivity index (χ3v) is 4.18. The van der Waals surface area contributed by atoms with E-state index in [0.717, 1.165) is 11.3 Å². The normalized spacial score (nSPS) is 11.3. The van der Waals surface area contributed by atoms with Crippen LogP contribution in [-0.2, 0) is 0 Å². The Morgan fingerprint density at radius 1 is 1.00 bits per heavy atom. The monoisotopic (exact) mass is 250 g/mol. The first-order chi connectivity index (χ1) is 8.90. The molecule has 4 aromatic rings. The molecule has 0 aliphatic heterocycles. The molecule has 0 saturated heterocycles. The van der Waals surface area contributed by atoms with Crippen LogP contribution in [0.4, 0.5) is 0 Å². The maximum absolute atomic E-state index is 4.65. The van der Waals surface area contributed by atoms with Crippen molar-refractivity contribution in [2.24, 2.45) is 0 Å². The molecule has 4 rings (SSSR count). The fourth-order valence-electron chi connectivity index (χ4n) is 2.16. The molecule has 0 radical (unpaired) electrons. The molecular formula is C15H10N2S. The number of rotatable bonds is 1. The first kappa shape index (κ1) is 9.85. The predicted octanol–water partition coefficient (Wildman–Crippen LogP) is 4.22. The first-order valence-corrected chi connectivity index (χ1v) is 6.64. The second kappa shape index (κ2) is 3.68. The van der Waals surface area contributed by atoms with Crippen LogP contribution in [0, 0.1) is 0 Å². The fraction of sp³-hybridized carbons (Fsp3) is 0. The van der Waals surface area contributed by atoms with Gasteiger partial charge in [0.1, 0.15) is 5.65 Å². The molecule has 0 aliphatic rings. The van der Waals surface area contributed by atoms with Crippen molar-refractivity contribution < 1.29 is 0 Å². The van der Waals surface area contributed by atoms with E-state index in [2.05, 4.69) is 45.9 Å². The summed E-state index contributed by atoms with van der Waals surface area (Å²) in [5, 5.41) is 1.29. The van der Waals surface area contributed by atoms with Crippen molar-refractivity contribution in [3.8, 4) is 10.6 Å². The Bertz CT molecular complexity index is 704. The summed E-state index contributed by atoms with van der Waals surface area (Å²) >= 11 is 1.79. The molecule has 3 heteroatoms. The summed E-state index contributed by atoms with van der Waals surface area (Å²) in [4.78, 5) is 5.87. The molecule has 86 valence electrons. The van der Waals surface area contributed by atoms with Crippen molar-refractivity contribution in [1.29, 1.82) is 0 Å². The second-order valence-corrected chi connectivity index (χ2v) is 5.32. The lowest BCUT2D eigenvalue weighted by atomic mass is 10.2. The maximum atomic E-state index is 4.65. The van der Waals surface area contributed by atoms with Gasteiger partial charge in [0.15, 0.2) is 0 Å². The van der Waals surface area contributed by atoms with Crippen LogP contribution in [0.1, 0.15) is 0 Å². The molecule has 0 fully saturated rings. The lowest BCUT2D eigenvalue weighted by molar-refractivity contribution is 1.19. The standard InChI is InChI=1S/C15H10N2S/c1-2-6-13-11(5-1)9-14(18-13)12-10-17-8-4-3-7-15(17)16-12/h1-10H. The van der Waals surface area contributed by atoms with E-state index < -0.39 is 0 Å². The minimum absolute atomic E-state index is 0.991. The summed E-state index contributed by atoms with van der Waals surface area (Å²) in [5.41, 5.74) is 2.03. The van der Waals surface area contributed by atoms with Crippen molar-refractivity contribution >= 4 is 27.1 Å². The molecular weight excluding hydrogens is 240 g/mol. The minimum atomic E-state index is 0.991. The predicted molar refractivity (Wildman–Crippen MR) is 76.0 cm³/mol. The smallest absolute Gasteiger partial charge is 0.137 e. The molecule has 0 unspecified atom stereocenters. The van der Waals surface area contributed by atoms with Crippen LogP contribution in [0.25, 0.3) is 26.3 Å². The van der Waals surface area contributed by atoms with E-state index in [-0.39, 0.29) is 0 Å². The Hall–Kier alpha value is -2.13. The lowest BCUT2D eigenvalue weighted by Crippen LogP contribution is -1.77. The fourth-order valence-corrected chi connectivity index (χ4v) is 3.18. The van der Waals surface area contributed by atoms with Gasteiger partial charge in [-0.3, -0.25) is 0 Å². The molecule has 0 aliphatic carbocycles. The van der Waals surface area contributed by atoms with Crippen LogP contribution >= 0.6 is 11.3 Å². The summed E-state index contributed by atoms with van der Waals surface area (Å²) in [6.45, 7) is 0. The zero-order chi connectivity index (χ0) is 11.9. The Balaban J connectivity index is 1.95. The molecule has 0 spiro atoms. The zero-order valence-corrected chi connectivity index (χ0v) is 10.4. The highest BCUT2D eigenvalue weighted by Crippen LogP contribution is 2.32. The van der Waals surface area contributed by atoms with Gasteiger partial charge in [-0.05, 0) is 29.7 Å². The van der Waals surface area contributed by atoms with Crippen LogP contribution in [-0.4, -0.2) is 9.38 Å². The third kappa shape index (κ3) is 1.45. The van der Waals surface area contributed by atoms with E-state index in [1.54, 1.807) is 11.3 Å². The number of benzene rings is 1. The zero-order valence-electron chi connectivity index (χ0n) is 9.58. The molecule has 3 aromatic heterocycles. The van der Waals surface area contributed by atoms with E-state index in [0.29, 0.717) is 0 Å². The number of hydrogen-bond donors (Lipinski definition) is 0. The quantitative estimate of drug-likeness (QED) is 0.494. The van der Waals surface area contributed by atoms with Gasteiger partial charge in [0.05, 0.1) is 10.6 Å². The molecule has 0 N–H and O–H groups in total. The van der Waals surface area contributed by atoms with Gasteiger partial charge in [-0.25, -0.2) is 4.98 Å². The van der Waals surface area contributed by atoms with E-state index in [1.165, 1.54) is 15.0 Å². The number of imidazole rings is 1. The van der Waals surface area contributed by atoms with Crippen LogP contribution in [0.15, 0.2) is 60.9 Å². The number of hydrogen-bond acceptors (Lipinski definition) is 2. The first-order valence-electron chi connectivity index (χ1n) is 5.83. The molecule has 1 aromatic carbocycles. The van der Waals surface area contributed by atoms with Gasteiger partial charge in [0.2, 0.25) is 0 Å². The van der Waals surface area contributed by atoms with Gasteiger partial charge in [-0.1, -0.05) is 24.3 Å². The van der Waals surface area contributed by atoms with Crippen LogP contribution < -0.4 is 0 Å². The third-order valence-electron chi connectivity index (χ3n) is 3.04. The summed E-state index contributed by atoms with van der Waals surface area (Å²) < 4.78 is 3.37. The minimum Gasteiger partial charge on any atom is -0.306 e. The Labute approximate surface area is 108 Å². The van der Waals surface area contributed by atoms with E-state index in [1.807, 2.05) is 24.4 Å². The molecule has 0 saturated carbocycles. The summed E-state index contributed by atoms with van der Waals surface area (Å²) in [6.07, 6.45) is 4.11. The van der Waals surface area contributed by atoms with Gasteiger partial charge in [0.25, 0.3) is 0 Å². The number of thiophene rings is 1. The highest BCUT2D eigenvalue weighted by atomic mass is 32.1. The van der Waals surface area contributed by atoms with Gasteiger partial charge < -0.3 is 4.40 Å². The average Bonchev–Trinajstić information content (AvgIpc) is 3.02.